The maximum Gasteiger partial charge on any atom is 0.330 e. The third-order valence-electron chi connectivity index (χ3n) is 5.83. The van der Waals surface area contributed by atoms with Crippen LogP contribution in [0.15, 0.2) is 46.1 Å². The Hall–Kier alpha value is -3.22. The number of pyridine rings is 1. The summed E-state index contributed by atoms with van der Waals surface area (Å²) in [6.07, 6.45) is 5.09. The van der Waals surface area contributed by atoms with Crippen LogP contribution in [0.1, 0.15) is 52.8 Å². The zero-order chi connectivity index (χ0) is 19.4. The maximum atomic E-state index is 13.1. The van der Waals surface area contributed by atoms with Crippen molar-refractivity contribution in [2.24, 2.45) is 0 Å². The molecule has 7 nitrogen and oxygen atoms in total. The lowest BCUT2D eigenvalue weighted by atomic mass is 10.1. The molecule has 2 heterocycles. The van der Waals surface area contributed by atoms with E-state index in [0.717, 1.165) is 25.7 Å². The number of fused-ring (bicyclic) bond motifs is 2. The first-order chi connectivity index (χ1) is 13.5. The predicted molar refractivity (Wildman–Crippen MR) is 104 cm³/mol. The molecular weight excluding hydrogens is 356 g/mol. The summed E-state index contributed by atoms with van der Waals surface area (Å²) in [4.78, 5) is 46.0. The van der Waals surface area contributed by atoms with Gasteiger partial charge < -0.3 is 4.90 Å². The second-order valence-electron chi connectivity index (χ2n) is 7.62. The van der Waals surface area contributed by atoms with Gasteiger partial charge in [-0.05, 0) is 42.9 Å². The van der Waals surface area contributed by atoms with Crippen LogP contribution in [0.4, 0.5) is 0 Å². The van der Waals surface area contributed by atoms with Crippen molar-refractivity contribution in [3.63, 3.8) is 0 Å². The highest BCUT2D eigenvalue weighted by molar-refractivity contribution is 5.97. The number of benzene rings is 1. The maximum absolute atomic E-state index is 13.1. The summed E-state index contributed by atoms with van der Waals surface area (Å²) in [6, 6.07) is 9.82. The van der Waals surface area contributed by atoms with E-state index in [2.05, 4.69) is 22.1 Å². The Morgan fingerprint density at radius 3 is 2.79 bits per heavy atom. The quantitative estimate of drug-likeness (QED) is 0.759. The van der Waals surface area contributed by atoms with E-state index in [9.17, 15) is 14.4 Å². The monoisotopic (exact) mass is 376 g/mol. The molecule has 1 unspecified atom stereocenters. The van der Waals surface area contributed by atoms with Crippen LogP contribution in [0.25, 0.3) is 11.0 Å². The largest absolute Gasteiger partial charge is 0.335 e. The van der Waals surface area contributed by atoms with E-state index in [-0.39, 0.29) is 23.4 Å². The Morgan fingerprint density at radius 1 is 1.21 bits per heavy atom. The Bertz CT molecular complexity index is 1220. The van der Waals surface area contributed by atoms with Crippen LogP contribution in [0, 0.1) is 0 Å². The van der Waals surface area contributed by atoms with Crippen molar-refractivity contribution < 1.29 is 4.79 Å². The fourth-order valence-corrected chi connectivity index (χ4v) is 4.21. The van der Waals surface area contributed by atoms with E-state index in [1.54, 1.807) is 18.0 Å². The number of aryl methyl sites for hydroxylation is 1. The first-order valence-corrected chi connectivity index (χ1v) is 9.54. The summed E-state index contributed by atoms with van der Waals surface area (Å²) >= 11 is 0. The van der Waals surface area contributed by atoms with Crippen LogP contribution in [0.2, 0.25) is 0 Å². The minimum absolute atomic E-state index is 0.0121. The van der Waals surface area contributed by atoms with Crippen molar-refractivity contribution in [3.05, 3.63) is 74.1 Å². The smallest absolute Gasteiger partial charge is 0.330 e. The molecule has 28 heavy (non-hydrogen) atoms. The highest BCUT2D eigenvalue weighted by atomic mass is 16.2. The number of aromatic nitrogens is 3. The molecule has 0 saturated heterocycles. The highest BCUT2D eigenvalue weighted by Gasteiger charge is 2.30. The second-order valence-corrected chi connectivity index (χ2v) is 7.62. The number of nitrogens with one attached hydrogen (secondary N) is 1. The fourth-order valence-electron chi connectivity index (χ4n) is 4.21. The molecular formula is C21H20N4O3. The van der Waals surface area contributed by atoms with Gasteiger partial charge in [0.1, 0.15) is 5.65 Å². The van der Waals surface area contributed by atoms with Gasteiger partial charge in [-0.25, -0.2) is 9.78 Å². The molecule has 2 aliphatic rings. The molecule has 0 radical (unpaired) electrons. The summed E-state index contributed by atoms with van der Waals surface area (Å²) in [5.74, 6) is -0.181. The zero-order valence-corrected chi connectivity index (χ0v) is 15.5. The lowest BCUT2D eigenvalue weighted by Crippen LogP contribution is -2.32. The van der Waals surface area contributed by atoms with Gasteiger partial charge in [0.15, 0.2) is 0 Å². The van der Waals surface area contributed by atoms with Crippen LogP contribution >= 0.6 is 0 Å². The predicted octanol–water partition coefficient (Wildman–Crippen LogP) is 2.18. The molecule has 142 valence electrons. The third-order valence-corrected chi connectivity index (χ3v) is 5.83. The van der Waals surface area contributed by atoms with Gasteiger partial charge in [-0.3, -0.25) is 19.1 Å². The fraction of sp³-hybridized carbons (Fsp3) is 0.333. The molecule has 1 amide bonds. The Balaban J connectivity index is 1.54. The first kappa shape index (κ1) is 16.9. The standard InChI is InChI=1S/C21H20N4O3/c1-24(17-9-6-12-4-2-3-5-15(12)17)20(27)13-10-16-18(22-11-13)25(14-7-8-14)21(28)23-19(16)26/h2-5,10-11,14,17H,6-9H2,1H3,(H,23,26,28). The number of H-pyrrole nitrogens is 1. The van der Waals surface area contributed by atoms with Gasteiger partial charge in [0.05, 0.1) is 17.0 Å². The van der Waals surface area contributed by atoms with Crippen LogP contribution < -0.4 is 11.2 Å². The van der Waals surface area contributed by atoms with Gasteiger partial charge in [-0.15, -0.1) is 0 Å². The first-order valence-electron chi connectivity index (χ1n) is 9.54. The van der Waals surface area contributed by atoms with Crippen molar-refractivity contribution in [1.29, 1.82) is 0 Å². The van der Waals surface area contributed by atoms with Gasteiger partial charge in [-0.1, -0.05) is 24.3 Å². The molecule has 0 aliphatic heterocycles. The van der Waals surface area contributed by atoms with Gasteiger partial charge in [0.25, 0.3) is 11.5 Å². The molecule has 1 saturated carbocycles. The van der Waals surface area contributed by atoms with E-state index in [1.165, 1.54) is 21.9 Å². The SMILES string of the molecule is CN(C(=O)c1cnc2c(c1)c(=O)[nH]c(=O)n2C1CC1)C1CCc2ccccc21. The Labute approximate surface area is 160 Å². The lowest BCUT2D eigenvalue weighted by Gasteiger charge is -2.25. The molecule has 0 spiro atoms. The summed E-state index contributed by atoms with van der Waals surface area (Å²) < 4.78 is 1.53. The summed E-state index contributed by atoms with van der Waals surface area (Å²) in [5, 5.41) is 0.276. The van der Waals surface area contributed by atoms with Gasteiger partial charge in [0, 0.05) is 19.3 Å². The van der Waals surface area contributed by atoms with E-state index >= 15 is 0 Å². The molecule has 1 aromatic carbocycles. The molecule has 7 heteroatoms. The summed E-state index contributed by atoms with van der Waals surface area (Å²) in [7, 11) is 1.79. The van der Waals surface area contributed by atoms with Gasteiger partial charge in [-0.2, -0.15) is 0 Å². The number of hydrogen-bond donors (Lipinski definition) is 1. The van der Waals surface area contributed by atoms with Crippen LogP contribution in [-0.4, -0.2) is 32.4 Å². The second kappa shape index (κ2) is 6.15. The van der Waals surface area contributed by atoms with Crippen molar-refractivity contribution in [1.82, 2.24) is 19.4 Å². The van der Waals surface area contributed by atoms with Gasteiger partial charge >= 0.3 is 5.69 Å². The topological polar surface area (TPSA) is 88.1 Å². The van der Waals surface area contributed by atoms with Crippen molar-refractivity contribution in [3.8, 4) is 0 Å². The molecule has 3 aromatic rings. The van der Waals surface area contributed by atoms with E-state index in [0.29, 0.717) is 11.2 Å². The average molecular weight is 376 g/mol. The molecule has 0 bridgehead atoms. The van der Waals surface area contributed by atoms with Crippen molar-refractivity contribution >= 4 is 16.9 Å². The molecule has 1 N–H and O–H groups in total. The number of carbonyl (C=O) groups excluding carboxylic acids is 1. The Morgan fingerprint density at radius 2 is 2.00 bits per heavy atom. The van der Waals surface area contributed by atoms with E-state index in [4.69, 9.17) is 0 Å². The number of aromatic amines is 1. The minimum Gasteiger partial charge on any atom is -0.335 e. The lowest BCUT2D eigenvalue weighted by molar-refractivity contribution is 0.0730. The minimum atomic E-state index is -0.507. The zero-order valence-electron chi connectivity index (χ0n) is 15.5. The third kappa shape index (κ3) is 2.58. The molecule has 1 atom stereocenters. The summed E-state index contributed by atoms with van der Waals surface area (Å²) in [6.45, 7) is 0. The normalized spacial score (nSPS) is 18.2. The van der Waals surface area contributed by atoms with Crippen molar-refractivity contribution in [2.75, 3.05) is 7.05 Å². The average Bonchev–Trinajstić information content (AvgIpc) is 3.44. The van der Waals surface area contributed by atoms with Crippen molar-refractivity contribution in [2.45, 2.75) is 37.8 Å². The number of amides is 1. The van der Waals surface area contributed by atoms with Crippen LogP contribution in [-0.2, 0) is 6.42 Å². The summed E-state index contributed by atoms with van der Waals surface area (Å²) in [5.41, 5.74) is 2.20. The Kier molecular flexibility index (Phi) is 3.72. The molecule has 5 rings (SSSR count). The molecule has 2 aromatic heterocycles. The van der Waals surface area contributed by atoms with Crippen LogP contribution in [0.5, 0.6) is 0 Å². The number of carbonyl (C=O) groups is 1. The van der Waals surface area contributed by atoms with Gasteiger partial charge in [0.2, 0.25) is 0 Å². The van der Waals surface area contributed by atoms with Crippen LogP contribution in [0.3, 0.4) is 0 Å². The number of nitrogens with zero attached hydrogens (tertiary/aromatic N) is 3. The van der Waals surface area contributed by atoms with E-state index in [1.807, 2.05) is 12.1 Å². The number of rotatable bonds is 3. The van der Waals surface area contributed by atoms with E-state index < -0.39 is 11.2 Å². The highest BCUT2D eigenvalue weighted by Crippen LogP contribution is 2.36. The number of hydrogen-bond acceptors (Lipinski definition) is 4. The molecule has 1 fully saturated rings. The molecule has 2 aliphatic carbocycles.